The van der Waals surface area contributed by atoms with E-state index in [0.717, 1.165) is 17.7 Å². The van der Waals surface area contributed by atoms with Gasteiger partial charge in [-0.25, -0.2) is 8.42 Å². The van der Waals surface area contributed by atoms with Gasteiger partial charge in [0.1, 0.15) is 4.21 Å². The number of thiophene rings is 1. The second-order valence-corrected chi connectivity index (χ2v) is 8.39. The standard InChI is InChI=1S/C16H21NO2S2/c1-4-17-15(14-8-7-12(2)10-13(14)3)11-21(18,19)16-6-5-9-20-16/h5-10,15,17H,4,11H2,1-3H3. The van der Waals surface area contributed by atoms with E-state index in [1.54, 1.807) is 17.5 Å². The first kappa shape index (κ1) is 16.2. The molecule has 2 rings (SSSR count). The Bertz CT molecular complexity index is 691. The van der Waals surface area contributed by atoms with Gasteiger partial charge in [-0.1, -0.05) is 36.8 Å². The predicted octanol–water partition coefficient (Wildman–Crippen LogP) is 3.49. The number of aryl methyl sites for hydroxylation is 2. The van der Waals surface area contributed by atoms with E-state index in [4.69, 9.17) is 0 Å². The average Bonchev–Trinajstić information content (AvgIpc) is 2.92. The third-order valence-corrected chi connectivity index (χ3v) is 6.67. The zero-order valence-electron chi connectivity index (χ0n) is 12.6. The van der Waals surface area contributed by atoms with Gasteiger partial charge in [-0.15, -0.1) is 11.3 Å². The summed E-state index contributed by atoms with van der Waals surface area (Å²) in [4.78, 5) is 0. The minimum Gasteiger partial charge on any atom is -0.309 e. The highest BCUT2D eigenvalue weighted by Gasteiger charge is 2.23. The summed E-state index contributed by atoms with van der Waals surface area (Å²) < 4.78 is 25.4. The molecule has 21 heavy (non-hydrogen) atoms. The molecule has 0 saturated heterocycles. The molecule has 0 amide bonds. The van der Waals surface area contributed by atoms with Crippen LogP contribution in [-0.4, -0.2) is 20.7 Å². The molecule has 0 aliphatic carbocycles. The molecule has 2 aromatic rings. The maximum Gasteiger partial charge on any atom is 0.189 e. The van der Waals surface area contributed by atoms with E-state index >= 15 is 0 Å². The first-order valence-electron chi connectivity index (χ1n) is 7.01. The fraction of sp³-hybridized carbons (Fsp3) is 0.375. The van der Waals surface area contributed by atoms with Gasteiger partial charge in [0.15, 0.2) is 9.84 Å². The van der Waals surface area contributed by atoms with Crippen LogP contribution >= 0.6 is 11.3 Å². The molecule has 1 heterocycles. The van der Waals surface area contributed by atoms with Crippen molar-refractivity contribution in [1.29, 1.82) is 0 Å². The van der Waals surface area contributed by atoms with Gasteiger partial charge < -0.3 is 5.32 Å². The summed E-state index contributed by atoms with van der Waals surface area (Å²) in [6.45, 7) is 6.80. The van der Waals surface area contributed by atoms with Crippen molar-refractivity contribution in [2.75, 3.05) is 12.3 Å². The van der Waals surface area contributed by atoms with E-state index in [1.165, 1.54) is 16.9 Å². The van der Waals surface area contributed by atoms with Crippen molar-refractivity contribution >= 4 is 21.2 Å². The molecule has 0 bridgehead atoms. The van der Waals surface area contributed by atoms with Crippen molar-refractivity contribution in [3.05, 3.63) is 52.4 Å². The molecule has 0 aliphatic rings. The average molecular weight is 323 g/mol. The van der Waals surface area contributed by atoms with Gasteiger partial charge in [-0.3, -0.25) is 0 Å². The van der Waals surface area contributed by atoms with Gasteiger partial charge in [0.25, 0.3) is 0 Å². The number of hydrogen-bond acceptors (Lipinski definition) is 4. The van der Waals surface area contributed by atoms with Crippen LogP contribution in [0, 0.1) is 13.8 Å². The number of sulfone groups is 1. The van der Waals surface area contributed by atoms with Crippen LogP contribution < -0.4 is 5.32 Å². The van der Waals surface area contributed by atoms with Crippen LogP contribution in [0.25, 0.3) is 0 Å². The van der Waals surface area contributed by atoms with Crippen molar-refractivity contribution in [3.8, 4) is 0 Å². The molecular weight excluding hydrogens is 302 g/mol. The van der Waals surface area contributed by atoms with E-state index in [9.17, 15) is 8.42 Å². The first-order valence-corrected chi connectivity index (χ1v) is 9.54. The van der Waals surface area contributed by atoms with Gasteiger partial charge in [-0.05, 0) is 43.0 Å². The Kier molecular flexibility index (Phi) is 5.19. The summed E-state index contributed by atoms with van der Waals surface area (Å²) in [6, 6.07) is 9.42. The molecule has 0 aliphatic heterocycles. The van der Waals surface area contributed by atoms with E-state index < -0.39 is 9.84 Å². The largest absolute Gasteiger partial charge is 0.309 e. The highest BCUT2D eigenvalue weighted by molar-refractivity contribution is 7.93. The van der Waals surface area contributed by atoms with Crippen LogP contribution in [0.1, 0.15) is 29.7 Å². The molecule has 0 fully saturated rings. The summed E-state index contributed by atoms with van der Waals surface area (Å²) in [5, 5.41) is 5.10. The Morgan fingerprint density at radius 3 is 2.57 bits per heavy atom. The second kappa shape index (κ2) is 6.73. The van der Waals surface area contributed by atoms with E-state index in [0.29, 0.717) is 4.21 Å². The zero-order chi connectivity index (χ0) is 15.5. The van der Waals surface area contributed by atoms with Crippen molar-refractivity contribution in [1.82, 2.24) is 5.32 Å². The Hall–Kier alpha value is -1.17. The maximum atomic E-state index is 12.5. The van der Waals surface area contributed by atoms with E-state index in [2.05, 4.69) is 11.4 Å². The lowest BCUT2D eigenvalue weighted by molar-refractivity contribution is 0.559. The summed E-state index contributed by atoms with van der Waals surface area (Å²) in [6.07, 6.45) is 0. The fourth-order valence-electron chi connectivity index (χ4n) is 2.46. The lowest BCUT2D eigenvalue weighted by Crippen LogP contribution is -2.28. The molecule has 0 radical (unpaired) electrons. The zero-order valence-corrected chi connectivity index (χ0v) is 14.2. The molecule has 1 aromatic heterocycles. The Morgan fingerprint density at radius 2 is 2.00 bits per heavy atom. The Balaban J connectivity index is 2.32. The fourth-order valence-corrected chi connectivity index (χ4v) is 5.06. The highest BCUT2D eigenvalue weighted by Crippen LogP contribution is 2.25. The lowest BCUT2D eigenvalue weighted by atomic mass is 10.0. The molecule has 114 valence electrons. The van der Waals surface area contributed by atoms with Crippen molar-refractivity contribution in [3.63, 3.8) is 0 Å². The van der Waals surface area contributed by atoms with Crippen LogP contribution in [0.4, 0.5) is 0 Å². The maximum absolute atomic E-state index is 12.5. The smallest absolute Gasteiger partial charge is 0.189 e. The van der Waals surface area contributed by atoms with Crippen molar-refractivity contribution in [2.24, 2.45) is 0 Å². The normalized spacial score (nSPS) is 13.3. The number of nitrogens with one attached hydrogen (secondary N) is 1. The van der Waals surface area contributed by atoms with Gasteiger partial charge in [0.05, 0.1) is 5.75 Å². The van der Waals surface area contributed by atoms with Crippen LogP contribution in [0.3, 0.4) is 0 Å². The van der Waals surface area contributed by atoms with Gasteiger partial charge in [0.2, 0.25) is 0 Å². The van der Waals surface area contributed by atoms with Crippen molar-refractivity contribution in [2.45, 2.75) is 31.0 Å². The van der Waals surface area contributed by atoms with Gasteiger partial charge >= 0.3 is 0 Å². The summed E-state index contributed by atoms with van der Waals surface area (Å²) in [5.74, 6) is 0.0885. The SMILES string of the molecule is CCNC(CS(=O)(=O)c1cccs1)c1ccc(C)cc1C. The van der Waals surface area contributed by atoms with Gasteiger partial charge in [0, 0.05) is 6.04 Å². The third-order valence-electron chi connectivity index (χ3n) is 3.44. The summed E-state index contributed by atoms with van der Waals surface area (Å²) >= 11 is 1.28. The van der Waals surface area contributed by atoms with E-state index in [1.807, 2.05) is 32.9 Å². The minimum absolute atomic E-state index is 0.0885. The van der Waals surface area contributed by atoms with Crippen LogP contribution in [0.5, 0.6) is 0 Å². The Labute approximate surface area is 130 Å². The summed E-state index contributed by atoms with van der Waals surface area (Å²) in [7, 11) is -3.26. The number of benzene rings is 1. The molecule has 1 unspecified atom stereocenters. The molecule has 1 atom stereocenters. The van der Waals surface area contributed by atoms with E-state index in [-0.39, 0.29) is 11.8 Å². The van der Waals surface area contributed by atoms with Crippen LogP contribution in [-0.2, 0) is 9.84 Å². The molecule has 5 heteroatoms. The highest BCUT2D eigenvalue weighted by atomic mass is 32.2. The number of rotatable bonds is 6. The Morgan fingerprint density at radius 1 is 1.24 bits per heavy atom. The molecular formula is C16H21NO2S2. The lowest BCUT2D eigenvalue weighted by Gasteiger charge is -2.20. The quantitative estimate of drug-likeness (QED) is 0.885. The molecule has 1 N–H and O–H groups in total. The monoisotopic (exact) mass is 323 g/mol. The summed E-state index contributed by atoms with van der Waals surface area (Å²) in [5.41, 5.74) is 3.37. The van der Waals surface area contributed by atoms with Crippen molar-refractivity contribution < 1.29 is 8.42 Å². The molecule has 1 aromatic carbocycles. The minimum atomic E-state index is -3.26. The number of hydrogen-bond donors (Lipinski definition) is 1. The topological polar surface area (TPSA) is 46.2 Å². The van der Waals surface area contributed by atoms with Crippen LogP contribution in [0.15, 0.2) is 39.9 Å². The predicted molar refractivity (Wildman–Crippen MR) is 88.7 cm³/mol. The van der Waals surface area contributed by atoms with Crippen LogP contribution in [0.2, 0.25) is 0 Å². The first-order chi connectivity index (χ1) is 9.94. The van der Waals surface area contributed by atoms with Gasteiger partial charge in [-0.2, -0.15) is 0 Å². The molecule has 0 saturated carbocycles. The molecule has 0 spiro atoms. The third kappa shape index (κ3) is 3.93. The second-order valence-electron chi connectivity index (χ2n) is 5.18. The molecule has 3 nitrogen and oxygen atoms in total.